The number of anilines is 1. The number of benzene rings is 1. The number of aromatic nitrogens is 2. The van der Waals surface area contributed by atoms with E-state index in [-0.39, 0.29) is 24.9 Å². The molecule has 2 N–H and O–H groups in total. The lowest BCUT2D eigenvalue weighted by atomic mass is 9.95. The predicted molar refractivity (Wildman–Crippen MR) is 114 cm³/mol. The van der Waals surface area contributed by atoms with E-state index in [1.807, 2.05) is 18.2 Å². The molecule has 0 amide bonds. The summed E-state index contributed by atoms with van der Waals surface area (Å²) in [6.45, 7) is 1.49. The van der Waals surface area contributed by atoms with Crippen LogP contribution in [0, 0.1) is 5.41 Å². The number of ether oxygens (including phenoxy) is 2. The first kappa shape index (κ1) is 20.5. The van der Waals surface area contributed by atoms with E-state index in [4.69, 9.17) is 9.47 Å². The third kappa shape index (κ3) is 4.07. The van der Waals surface area contributed by atoms with Crippen molar-refractivity contribution in [3.63, 3.8) is 0 Å². The second-order valence-electron chi connectivity index (χ2n) is 8.40. The van der Waals surface area contributed by atoms with Crippen molar-refractivity contribution >= 4 is 16.0 Å². The highest BCUT2D eigenvalue weighted by atomic mass is 32.2. The van der Waals surface area contributed by atoms with Crippen LogP contribution >= 0.6 is 0 Å². The maximum atomic E-state index is 13.1. The molecule has 1 spiro atoms. The van der Waals surface area contributed by atoms with Gasteiger partial charge in [-0.1, -0.05) is 12.1 Å². The van der Waals surface area contributed by atoms with E-state index in [1.54, 1.807) is 0 Å². The van der Waals surface area contributed by atoms with Crippen LogP contribution in [0.5, 0.6) is 11.6 Å². The Labute approximate surface area is 181 Å². The van der Waals surface area contributed by atoms with Crippen LogP contribution in [0.15, 0.2) is 24.5 Å². The molecule has 2 aliphatic heterocycles. The van der Waals surface area contributed by atoms with Crippen LogP contribution in [-0.2, 0) is 16.6 Å². The summed E-state index contributed by atoms with van der Waals surface area (Å²) in [4.78, 5) is 8.41. The van der Waals surface area contributed by atoms with Gasteiger partial charge in [0, 0.05) is 19.5 Å². The minimum Gasteiger partial charge on any atom is -0.493 e. The predicted octanol–water partition coefficient (Wildman–Crippen LogP) is 1.98. The standard InChI is InChI=1S/C21H26N4O5S/c26-10-12-30-20-18(16-2-1-15-3-11-29-17(15)13-16)19(22-14-23-20)24-31(27,28)25-8-6-21(4-5-21)7-9-25/h1-2,13-14,26H,3-12H2,(H,22,23,24). The van der Waals surface area contributed by atoms with Crippen molar-refractivity contribution in [3.8, 4) is 22.8 Å². The Balaban J connectivity index is 1.47. The Kier molecular flexibility index (Phi) is 5.23. The number of aliphatic hydroxyl groups excluding tert-OH is 1. The molecule has 1 aliphatic carbocycles. The Bertz CT molecular complexity index is 1080. The zero-order chi connectivity index (χ0) is 21.5. The second-order valence-corrected chi connectivity index (χ2v) is 10.1. The Hall–Kier alpha value is -2.43. The number of aliphatic hydroxyl groups is 1. The third-order valence-electron chi connectivity index (χ3n) is 6.43. The van der Waals surface area contributed by atoms with E-state index in [0.717, 1.165) is 30.6 Å². The van der Waals surface area contributed by atoms with Crippen LogP contribution in [-0.4, -0.2) is 60.7 Å². The molecule has 0 unspecified atom stereocenters. The fourth-order valence-electron chi connectivity index (χ4n) is 4.35. The SMILES string of the molecule is O=S(=O)(Nc1ncnc(OCCO)c1-c1ccc2c(c1)OCC2)N1CCC2(CC1)CC2. The van der Waals surface area contributed by atoms with Crippen molar-refractivity contribution in [2.45, 2.75) is 32.1 Å². The van der Waals surface area contributed by atoms with E-state index < -0.39 is 10.2 Å². The first-order valence-corrected chi connectivity index (χ1v) is 12.1. The molecule has 10 heteroatoms. The zero-order valence-electron chi connectivity index (χ0n) is 17.2. The fourth-order valence-corrected chi connectivity index (χ4v) is 5.54. The number of nitrogens with zero attached hydrogens (tertiary/aromatic N) is 3. The topological polar surface area (TPSA) is 114 Å². The molecular formula is C21H26N4O5S. The molecule has 0 bridgehead atoms. The summed E-state index contributed by atoms with van der Waals surface area (Å²) < 4.78 is 41.7. The molecule has 1 aromatic heterocycles. The van der Waals surface area contributed by atoms with Gasteiger partial charge in [-0.15, -0.1) is 0 Å². The van der Waals surface area contributed by atoms with Crippen molar-refractivity contribution < 1.29 is 23.0 Å². The van der Waals surface area contributed by atoms with E-state index in [2.05, 4.69) is 14.7 Å². The van der Waals surface area contributed by atoms with E-state index in [0.29, 0.717) is 36.2 Å². The van der Waals surface area contributed by atoms with Gasteiger partial charge in [-0.25, -0.2) is 9.97 Å². The van der Waals surface area contributed by atoms with E-state index in [9.17, 15) is 13.5 Å². The summed E-state index contributed by atoms with van der Waals surface area (Å²) in [6.07, 6.45) is 6.31. The minimum atomic E-state index is -3.78. The van der Waals surface area contributed by atoms with Gasteiger partial charge >= 0.3 is 10.2 Å². The summed E-state index contributed by atoms with van der Waals surface area (Å²) in [5.41, 5.74) is 2.58. The molecule has 2 aromatic rings. The summed E-state index contributed by atoms with van der Waals surface area (Å²) in [5.74, 6) is 1.11. The zero-order valence-corrected chi connectivity index (χ0v) is 18.0. The van der Waals surface area contributed by atoms with Gasteiger partial charge in [-0.3, -0.25) is 4.72 Å². The number of fused-ring (bicyclic) bond motifs is 1. The average Bonchev–Trinajstić information content (AvgIpc) is 3.34. The van der Waals surface area contributed by atoms with Crippen molar-refractivity contribution in [1.82, 2.24) is 14.3 Å². The summed E-state index contributed by atoms with van der Waals surface area (Å²) in [5, 5.41) is 9.18. The number of rotatable bonds is 7. The molecule has 1 saturated carbocycles. The first-order valence-electron chi connectivity index (χ1n) is 10.6. The Morgan fingerprint density at radius 1 is 1.19 bits per heavy atom. The molecule has 31 heavy (non-hydrogen) atoms. The molecule has 0 atom stereocenters. The normalized spacial score (nSPS) is 19.6. The molecule has 166 valence electrons. The van der Waals surface area contributed by atoms with Crippen molar-refractivity contribution in [2.24, 2.45) is 5.41 Å². The maximum Gasteiger partial charge on any atom is 0.302 e. The lowest BCUT2D eigenvalue weighted by molar-refractivity contribution is 0.197. The van der Waals surface area contributed by atoms with E-state index in [1.165, 1.54) is 23.5 Å². The molecule has 2 fully saturated rings. The quantitative estimate of drug-likeness (QED) is 0.668. The smallest absolute Gasteiger partial charge is 0.302 e. The largest absolute Gasteiger partial charge is 0.493 e. The highest BCUT2D eigenvalue weighted by Gasteiger charge is 2.46. The number of piperidine rings is 1. The molecule has 1 saturated heterocycles. The lowest BCUT2D eigenvalue weighted by Crippen LogP contribution is -2.42. The number of hydrogen-bond donors (Lipinski definition) is 2. The minimum absolute atomic E-state index is 0.0336. The highest BCUT2D eigenvalue weighted by molar-refractivity contribution is 7.90. The molecule has 0 radical (unpaired) electrons. The van der Waals surface area contributed by atoms with Gasteiger partial charge < -0.3 is 14.6 Å². The van der Waals surface area contributed by atoms with Crippen LogP contribution in [0.2, 0.25) is 0 Å². The summed E-state index contributed by atoms with van der Waals surface area (Å²) in [7, 11) is -3.78. The molecule has 3 heterocycles. The van der Waals surface area contributed by atoms with Crippen LogP contribution in [0.4, 0.5) is 5.82 Å². The van der Waals surface area contributed by atoms with E-state index >= 15 is 0 Å². The summed E-state index contributed by atoms with van der Waals surface area (Å²) in [6, 6.07) is 5.69. The summed E-state index contributed by atoms with van der Waals surface area (Å²) >= 11 is 0. The molecule has 1 aromatic carbocycles. The molecule has 9 nitrogen and oxygen atoms in total. The van der Waals surface area contributed by atoms with Gasteiger partial charge in [0.2, 0.25) is 5.88 Å². The van der Waals surface area contributed by atoms with Gasteiger partial charge in [0.05, 0.1) is 18.8 Å². The molecule has 5 rings (SSSR count). The van der Waals surface area contributed by atoms with Crippen LogP contribution in [0.1, 0.15) is 31.2 Å². The monoisotopic (exact) mass is 446 g/mol. The molecular weight excluding hydrogens is 420 g/mol. The van der Waals surface area contributed by atoms with Crippen molar-refractivity contribution in [1.29, 1.82) is 0 Å². The van der Waals surface area contributed by atoms with Gasteiger partial charge in [0.15, 0.2) is 5.82 Å². The first-order chi connectivity index (χ1) is 15.0. The second kappa shape index (κ2) is 7.92. The van der Waals surface area contributed by atoms with Gasteiger partial charge in [-0.2, -0.15) is 12.7 Å². The number of nitrogens with one attached hydrogen (secondary N) is 1. The highest BCUT2D eigenvalue weighted by Crippen LogP contribution is 2.53. The van der Waals surface area contributed by atoms with Crippen LogP contribution in [0.25, 0.3) is 11.1 Å². The fraction of sp³-hybridized carbons (Fsp3) is 0.524. The van der Waals surface area contributed by atoms with Crippen molar-refractivity contribution in [2.75, 3.05) is 37.6 Å². The third-order valence-corrected chi connectivity index (χ3v) is 7.93. The van der Waals surface area contributed by atoms with Crippen LogP contribution in [0.3, 0.4) is 0 Å². The van der Waals surface area contributed by atoms with Gasteiger partial charge in [0.1, 0.15) is 18.7 Å². The van der Waals surface area contributed by atoms with Crippen LogP contribution < -0.4 is 14.2 Å². The van der Waals surface area contributed by atoms with Gasteiger partial charge in [-0.05, 0) is 48.3 Å². The Morgan fingerprint density at radius 3 is 2.74 bits per heavy atom. The number of hydrogen-bond acceptors (Lipinski definition) is 7. The maximum absolute atomic E-state index is 13.1. The van der Waals surface area contributed by atoms with Crippen molar-refractivity contribution in [3.05, 3.63) is 30.1 Å². The van der Waals surface area contributed by atoms with Gasteiger partial charge in [0.25, 0.3) is 0 Å². The Morgan fingerprint density at radius 2 is 2.00 bits per heavy atom. The lowest BCUT2D eigenvalue weighted by Gasteiger charge is -2.31. The molecule has 3 aliphatic rings. The average molecular weight is 447 g/mol.